The summed E-state index contributed by atoms with van der Waals surface area (Å²) in [5.74, 6) is -0.731. The van der Waals surface area contributed by atoms with Crippen molar-refractivity contribution in [2.45, 2.75) is 17.4 Å². The number of nitrogen functional groups attached to an aromatic ring is 1. The molecular formula is C12H20FN3O3S. The Morgan fingerprint density at radius 2 is 2.00 bits per heavy atom. The Labute approximate surface area is 118 Å². The maximum absolute atomic E-state index is 13.2. The number of nitrogens with one attached hydrogen (secondary N) is 1. The maximum atomic E-state index is 13.2. The summed E-state index contributed by atoms with van der Waals surface area (Å²) in [6.45, 7) is 1.60. The third-order valence-electron chi connectivity index (χ3n) is 2.50. The molecule has 4 N–H and O–H groups in total. The van der Waals surface area contributed by atoms with Crippen molar-refractivity contribution in [2.75, 3.05) is 32.9 Å². The van der Waals surface area contributed by atoms with Crippen LogP contribution < -0.4 is 10.5 Å². The number of hydrogen-bond acceptors (Lipinski definition) is 5. The summed E-state index contributed by atoms with van der Waals surface area (Å²) in [4.78, 5) is 1.46. The highest BCUT2D eigenvalue weighted by Gasteiger charge is 2.25. The van der Waals surface area contributed by atoms with E-state index in [1.54, 1.807) is 19.0 Å². The molecule has 1 aromatic rings. The average molecular weight is 305 g/mol. The fourth-order valence-corrected chi connectivity index (χ4v) is 3.04. The molecule has 0 bridgehead atoms. The zero-order chi connectivity index (χ0) is 15.6. The Morgan fingerprint density at radius 3 is 2.50 bits per heavy atom. The van der Waals surface area contributed by atoms with Crippen molar-refractivity contribution in [3.05, 3.63) is 24.0 Å². The summed E-state index contributed by atoms with van der Waals surface area (Å²) in [6.07, 6.45) is 0. The second kappa shape index (κ2) is 6.04. The fraction of sp³-hybridized carbons (Fsp3) is 0.500. The van der Waals surface area contributed by atoms with Gasteiger partial charge in [0.1, 0.15) is 5.82 Å². The number of rotatable bonds is 6. The van der Waals surface area contributed by atoms with Crippen molar-refractivity contribution >= 4 is 15.7 Å². The average Bonchev–Trinajstić information content (AvgIpc) is 2.23. The number of halogens is 1. The minimum absolute atomic E-state index is 0.0189. The SMILES string of the molecule is CN(C)CC(C)(O)CNS(=O)(=O)c1cc(N)cc(F)c1. The molecule has 114 valence electrons. The molecule has 0 aliphatic rings. The number of nitrogens with zero attached hydrogens (tertiary/aromatic N) is 1. The minimum Gasteiger partial charge on any atom is -0.399 e. The predicted molar refractivity (Wildman–Crippen MR) is 75.2 cm³/mol. The van der Waals surface area contributed by atoms with Crippen LogP contribution in [0.5, 0.6) is 0 Å². The van der Waals surface area contributed by atoms with Gasteiger partial charge in [-0.05, 0) is 39.2 Å². The number of aliphatic hydroxyl groups is 1. The number of anilines is 1. The van der Waals surface area contributed by atoms with Crippen LogP contribution in [0.3, 0.4) is 0 Å². The van der Waals surface area contributed by atoms with E-state index < -0.39 is 21.4 Å². The molecule has 0 amide bonds. The maximum Gasteiger partial charge on any atom is 0.240 e. The van der Waals surface area contributed by atoms with Crippen LogP contribution in [-0.2, 0) is 10.0 Å². The summed E-state index contributed by atoms with van der Waals surface area (Å²) in [5.41, 5.74) is 4.19. The molecule has 0 aliphatic heterocycles. The normalized spacial score (nSPS) is 15.3. The van der Waals surface area contributed by atoms with Crippen molar-refractivity contribution in [1.82, 2.24) is 9.62 Å². The Bertz CT molecular complexity index is 553. The van der Waals surface area contributed by atoms with Gasteiger partial charge in [0.05, 0.1) is 10.5 Å². The number of benzene rings is 1. The largest absolute Gasteiger partial charge is 0.399 e. The Balaban J connectivity index is 2.85. The van der Waals surface area contributed by atoms with E-state index in [4.69, 9.17) is 5.73 Å². The number of nitrogens with two attached hydrogens (primary N) is 1. The van der Waals surface area contributed by atoms with Gasteiger partial charge in [0, 0.05) is 18.8 Å². The van der Waals surface area contributed by atoms with Crippen molar-refractivity contribution < 1.29 is 17.9 Å². The predicted octanol–water partition coefficient (Wildman–Crippen LogP) is -0.00120. The zero-order valence-electron chi connectivity index (χ0n) is 11.7. The summed E-state index contributed by atoms with van der Waals surface area (Å²) in [7, 11) is -0.402. The molecule has 1 aromatic carbocycles. The first kappa shape index (κ1) is 16.8. The molecule has 0 fully saturated rings. The van der Waals surface area contributed by atoms with Crippen molar-refractivity contribution in [1.29, 1.82) is 0 Å². The lowest BCUT2D eigenvalue weighted by atomic mass is 10.1. The molecule has 0 spiro atoms. The van der Waals surface area contributed by atoms with Crippen molar-refractivity contribution in [3.8, 4) is 0 Å². The van der Waals surface area contributed by atoms with E-state index >= 15 is 0 Å². The minimum atomic E-state index is -3.92. The molecule has 8 heteroatoms. The number of hydrogen-bond donors (Lipinski definition) is 3. The monoisotopic (exact) mass is 305 g/mol. The highest BCUT2D eigenvalue weighted by Crippen LogP contribution is 2.16. The van der Waals surface area contributed by atoms with Gasteiger partial charge in [-0.25, -0.2) is 17.5 Å². The zero-order valence-corrected chi connectivity index (χ0v) is 12.5. The van der Waals surface area contributed by atoms with E-state index in [2.05, 4.69) is 4.72 Å². The topological polar surface area (TPSA) is 95.7 Å². The fourth-order valence-electron chi connectivity index (χ4n) is 1.81. The van der Waals surface area contributed by atoms with E-state index in [9.17, 15) is 17.9 Å². The molecule has 0 aromatic heterocycles. The molecule has 0 heterocycles. The van der Waals surface area contributed by atoms with Crippen LogP contribution in [0.25, 0.3) is 0 Å². The van der Waals surface area contributed by atoms with Crippen LogP contribution in [0, 0.1) is 5.82 Å². The molecule has 0 aliphatic carbocycles. The van der Waals surface area contributed by atoms with Crippen LogP contribution >= 0.6 is 0 Å². The van der Waals surface area contributed by atoms with Crippen LogP contribution in [0.1, 0.15) is 6.92 Å². The van der Waals surface area contributed by atoms with Gasteiger partial charge in [-0.3, -0.25) is 0 Å². The number of likely N-dealkylation sites (N-methyl/N-ethyl adjacent to an activating group) is 1. The van der Waals surface area contributed by atoms with Gasteiger partial charge < -0.3 is 15.7 Å². The van der Waals surface area contributed by atoms with Gasteiger partial charge in [0.15, 0.2) is 0 Å². The molecule has 6 nitrogen and oxygen atoms in total. The molecule has 1 unspecified atom stereocenters. The summed E-state index contributed by atoms with van der Waals surface area (Å²) in [5, 5.41) is 10.0. The molecule has 0 radical (unpaired) electrons. The molecule has 20 heavy (non-hydrogen) atoms. The molecule has 0 saturated carbocycles. The quantitative estimate of drug-likeness (QED) is 0.643. The Morgan fingerprint density at radius 1 is 1.40 bits per heavy atom. The van der Waals surface area contributed by atoms with Gasteiger partial charge in [0.25, 0.3) is 0 Å². The second-order valence-corrected chi connectivity index (χ2v) is 7.05. The first-order valence-corrected chi connectivity index (χ1v) is 7.43. The Hall–Kier alpha value is -1.22. The van der Waals surface area contributed by atoms with E-state index in [0.717, 1.165) is 18.2 Å². The first-order valence-electron chi connectivity index (χ1n) is 5.95. The third-order valence-corrected chi connectivity index (χ3v) is 3.88. The van der Waals surface area contributed by atoms with E-state index in [1.165, 1.54) is 6.92 Å². The summed E-state index contributed by atoms with van der Waals surface area (Å²) in [6, 6.07) is 3.06. The van der Waals surface area contributed by atoms with Gasteiger partial charge in [0.2, 0.25) is 10.0 Å². The Kier molecular flexibility index (Phi) is 5.09. The van der Waals surface area contributed by atoms with Crippen LogP contribution in [0.4, 0.5) is 10.1 Å². The van der Waals surface area contributed by atoms with E-state index in [1.807, 2.05) is 0 Å². The number of sulfonamides is 1. The smallest absolute Gasteiger partial charge is 0.240 e. The molecule has 0 saturated heterocycles. The van der Waals surface area contributed by atoms with Crippen LogP contribution in [0.15, 0.2) is 23.1 Å². The third kappa shape index (κ3) is 5.04. The lowest BCUT2D eigenvalue weighted by Crippen LogP contribution is -2.47. The van der Waals surface area contributed by atoms with Crippen LogP contribution in [0.2, 0.25) is 0 Å². The second-order valence-electron chi connectivity index (χ2n) is 5.28. The highest BCUT2D eigenvalue weighted by molar-refractivity contribution is 7.89. The summed E-state index contributed by atoms with van der Waals surface area (Å²) < 4.78 is 39.4. The van der Waals surface area contributed by atoms with Crippen molar-refractivity contribution in [3.63, 3.8) is 0 Å². The van der Waals surface area contributed by atoms with E-state index in [-0.39, 0.29) is 23.7 Å². The van der Waals surface area contributed by atoms with Crippen molar-refractivity contribution in [2.24, 2.45) is 0 Å². The van der Waals surface area contributed by atoms with E-state index in [0.29, 0.717) is 0 Å². The molecule has 1 atom stereocenters. The van der Waals surface area contributed by atoms with Gasteiger partial charge in [-0.2, -0.15) is 0 Å². The van der Waals surface area contributed by atoms with Crippen LogP contribution in [-0.4, -0.2) is 51.2 Å². The van der Waals surface area contributed by atoms with Gasteiger partial charge in [-0.15, -0.1) is 0 Å². The first-order chi connectivity index (χ1) is 9.02. The van der Waals surface area contributed by atoms with Gasteiger partial charge in [-0.1, -0.05) is 0 Å². The lowest BCUT2D eigenvalue weighted by molar-refractivity contribution is 0.0386. The summed E-state index contributed by atoms with van der Waals surface area (Å²) >= 11 is 0. The molecule has 1 rings (SSSR count). The highest BCUT2D eigenvalue weighted by atomic mass is 32.2. The lowest BCUT2D eigenvalue weighted by Gasteiger charge is -2.27. The van der Waals surface area contributed by atoms with Gasteiger partial charge >= 0.3 is 0 Å². The standard InChI is InChI=1S/C12H20FN3O3S/c1-12(17,8-16(2)3)7-15-20(18,19)11-5-9(13)4-10(14)6-11/h4-6,15,17H,7-8,14H2,1-3H3. The molecular weight excluding hydrogens is 285 g/mol.